The highest BCUT2D eigenvalue weighted by Gasteiger charge is 2.17. The van der Waals surface area contributed by atoms with E-state index in [2.05, 4.69) is 0 Å². The first kappa shape index (κ1) is 14.3. The Hall–Kier alpha value is -2.60. The molecule has 7 heteroatoms. The number of aliphatic carboxylic acids is 1. The maximum atomic E-state index is 13.7. The number of hydrogen-bond acceptors (Lipinski definition) is 4. The van der Waals surface area contributed by atoms with Crippen molar-refractivity contribution in [1.82, 2.24) is 0 Å². The van der Waals surface area contributed by atoms with Gasteiger partial charge in [0, 0.05) is 6.07 Å². The topological polar surface area (TPSA) is 76.7 Å². The number of carbonyl (C=O) groups is 1. The molecule has 3 rings (SSSR count). The summed E-state index contributed by atoms with van der Waals surface area (Å²) in [5.74, 6) is -1.89. The minimum atomic E-state index is -1.57. The van der Waals surface area contributed by atoms with Gasteiger partial charge in [0.1, 0.15) is 28.1 Å². The Morgan fingerprint density at radius 1 is 1.27 bits per heavy atom. The lowest BCUT2D eigenvalue weighted by Gasteiger charge is -2.09. The molecular formula is C15H8ClFO5. The maximum absolute atomic E-state index is 13.7. The number of carboxylic acids is 1. The molecule has 5 nitrogen and oxygen atoms in total. The van der Waals surface area contributed by atoms with Crippen molar-refractivity contribution in [2.45, 2.75) is 5.56 Å². The van der Waals surface area contributed by atoms with E-state index in [1.165, 1.54) is 36.4 Å². The van der Waals surface area contributed by atoms with Crippen LogP contribution in [0.2, 0.25) is 0 Å². The quantitative estimate of drug-likeness (QED) is 0.592. The van der Waals surface area contributed by atoms with E-state index in [4.69, 9.17) is 25.9 Å². The molecule has 112 valence electrons. The molecule has 22 heavy (non-hydrogen) atoms. The molecule has 0 aliphatic carbocycles. The lowest BCUT2D eigenvalue weighted by Crippen LogP contribution is -2.20. The van der Waals surface area contributed by atoms with Crippen molar-refractivity contribution in [2.75, 3.05) is 0 Å². The Labute approximate surface area is 127 Å². The Bertz CT molecular complexity index is 950. The molecule has 2 aromatic carbocycles. The maximum Gasteiger partial charge on any atom is 0.360 e. The van der Waals surface area contributed by atoms with E-state index < -0.39 is 22.8 Å². The number of hydrogen-bond donors (Lipinski definition) is 1. The van der Waals surface area contributed by atoms with Gasteiger partial charge in [-0.05, 0) is 24.3 Å². The molecule has 0 spiro atoms. The fourth-order valence-electron chi connectivity index (χ4n) is 2.08. The first-order valence-electron chi connectivity index (χ1n) is 6.16. The number of rotatable bonds is 3. The van der Waals surface area contributed by atoms with Crippen LogP contribution in [0.3, 0.4) is 0 Å². The predicted octanol–water partition coefficient (Wildman–Crippen LogP) is 3.11. The Kier molecular flexibility index (Phi) is 3.46. The van der Waals surface area contributed by atoms with Gasteiger partial charge in [-0.15, -0.1) is 0 Å². The summed E-state index contributed by atoms with van der Waals surface area (Å²) in [5, 5.41) is 8.72. The van der Waals surface area contributed by atoms with Crippen LogP contribution in [0.15, 0.2) is 45.6 Å². The van der Waals surface area contributed by atoms with Crippen LogP contribution in [0, 0.1) is 5.82 Å². The number of ether oxygens (including phenoxy) is 1. The van der Waals surface area contributed by atoms with Crippen LogP contribution in [-0.2, 0) is 4.79 Å². The number of carboxylic acid groups (broad SMARTS) is 1. The van der Waals surface area contributed by atoms with Crippen molar-refractivity contribution < 1.29 is 23.4 Å². The summed E-state index contributed by atoms with van der Waals surface area (Å²) in [6, 6.07) is 8.13. The highest BCUT2D eigenvalue weighted by atomic mass is 35.5. The van der Waals surface area contributed by atoms with Gasteiger partial charge in [-0.25, -0.2) is 9.18 Å². The van der Waals surface area contributed by atoms with Crippen molar-refractivity contribution in [3.8, 4) is 5.75 Å². The van der Waals surface area contributed by atoms with E-state index in [1.54, 1.807) is 0 Å². The van der Waals surface area contributed by atoms with Crippen LogP contribution in [0.5, 0.6) is 5.75 Å². The Morgan fingerprint density at radius 2 is 2.05 bits per heavy atom. The van der Waals surface area contributed by atoms with Crippen LogP contribution >= 0.6 is 11.6 Å². The molecule has 1 aromatic heterocycles. The molecule has 1 heterocycles. The summed E-state index contributed by atoms with van der Waals surface area (Å²) in [7, 11) is 0. The van der Waals surface area contributed by atoms with Crippen LogP contribution in [0.1, 0.15) is 0 Å². The normalized spacial score (nSPS) is 12.5. The van der Waals surface area contributed by atoms with E-state index in [1.807, 2.05) is 0 Å². The lowest BCUT2D eigenvalue weighted by atomic mass is 10.1. The number of fused-ring (bicyclic) bond motifs is 2. The molecule has 1 N–H and O–H groups in total. The van der Waals surface area contributed by atoms with E-state index >= 15 is 0 Å². The van der Waals surface area contributed by atoms with Crippen molar-refractivity contribution >= 4 is 39.5 Å². The van der Waals surface area contributed by atoms with Gasteiger partial charge >= 0.3 is 5.97 Å². The highest BCUT2D eigenvalue weighted by molar-refractivity contribution is 6.28. The van der Waals surface area contributed by atoms with Crippen molar-refractivity contribution in [3.05, 3.63) is 52.4 Å². The third kappa shape index (κ3) is 2.37. The second kappa shape index (κ2) is 5.31. The standard InChI is InChI=1S/C15H8ClFO5/c16-14(15(19)20)21-7-4-5-8-11(6-7)22-10-3-1-2-9(17)12(10)13(8)18/h1-6,14H,(H,19,20). The first-order valence-corrected chi connectivity index (χ1v) is 6.59. The van der Waals surface area contributed by atoms with Gasteiger partial charge in [0.2, 0.25) is 5.43 Å². The molecule has 1 unspecified atom stereocenters. The third-order valence-corrected chi connectivity index (χ3v) is 3.33. The second-order valence-corrected chi connectivity index (χ2v) is 4.87. The average Bonchev–Trinajstić information content (AvgIpc) is 2.47. The molecule has 0 amide bonds. The van der Waals surface area contributed by atoms with Crippen molar-refractivity contribution in [2.24, 2.45) is 0 Å². The number of halogens is 2. The van der Waals surface area contributed by atoms with Gasteiger partial charge in [0.25, 0.3) is 5.56 Å². The smallest absolute Gasteiger partial charge is 0.360 e. The summed E-state index contributed by atoms with van der Waals surface area (Å²) in [6.45, 7) is 0. The molecule has 3 aromatic rings. The zero-order chi connectivity index (χ0) is 15.9. The minimum Gasteiger partial charge on any atom is -0.478 e. The van der Waals surface area contributed by atoms with E-state index in [9.17, 15) is 14.0 Å². The summed E-state index contributed by atoms with van der Waals surface area (Å²) < 4.78 is 24.2. The molecule has 0 saturated heterocycles. The number of benzene rings is 2. The van der Waals surface area contributed by atoms with Crippen molar-refractivity contribution in [1.29, 1.82) is 0 Å². The van der Waals surface area contributed by atoms with Crippen LogP contribution in [0.4, 0.5) is 4.39 Å². The van der Waals surface area contributed by atoms with Crippen LogP contribution < -0.4 is 10.2 Å². The molecule has 0 saturated carbocycles. The SMILES string of the molecule is O=C(O)C(Cl)Oc1ccc2c(=O)c3c(F)cccc3oc2c1. The van der Waals surface area contributed by atoms with E-state index in [0.717, 1.165) is 0 Å². The van der Waals surface area contributed by atoms with Gasteiger partial charge in [0.15, 0.2) is 0 Å². The number of alkyl halides is 1. The van der Waals surface area contributed by atoms with E-state index in [0.29, 0.717) is 0 Å². The molecule has 0 aliphatic heterocycles. The Morgan fingerprint density at radius 3 is 2.77 bits per heavy atom. The van der Waals surface area contributed by atoms with Gasteiger partial charge in [-0.1, -0.05) is 17.7 Å². The monoisotopic (exact) mass is 322 g/mol. The average molecular weight is 323 g/mol. The van der Waals surface area contributed by atoms with Crippen molar-refractivity contribution in [3.63, 3.8) is 0 Å². The Balaban J connectivity index is 2.19. The molecule has 0 radical (unpaired) electrons. The first-order chi connectivity index (χ1) is 10.5. The fraction of sp³-hybridized carbons (Fsp3) is 0.0667. The third-order valence-electron chi connectivity index (χ3n) is 3.05. The fourth-order valence-corrected chi connectivity index (χ4v) is 2.18. The molecule has 1 atom stereocenters. The minimum absolute atomic E-state index is 0.0929. The molecular weight excluding hydrogens is 315 g/mol. The van der Waals surface area contributed by atoms with Gasteiger partial charge in [-0.2, -0.15) is 0 Å². The van der Waals surface area contributed by atoms with Gasteiger partial charge < -0.3 is 14.3 Å². The molecule has 0 aliphatic rings. The lowest BCUT2D eigenvalue weighted by molar-refractivity contribution is -0.141. The highest BCUT2D eigenvalue weighted by Crippen LogP contribution is 2.25. The molecule has 0 fully saturated rings. The molecule has 0 bridgehead atoms. The second-order valence-electron chi connectivity index (χ2n) is 4.47. The zero-order valence-electron chi connectivity index (χ0n) is 10.9. The largest absolute Gasteiger partial charge is 0.478 e. The summed E-state index contributed by atoms with van der Waals surface area (Å²) in [5.41, 5.74) is -1.84. The summed E-state index contributed by atoms with van der Waals surface area (Å²) in [6.07, 6.45) is 0. The predicted molar refractivity (Wildman–Crippen MR) is 77.9 cm³/mol. The van der Waals surface area contributed by atoms with Gasteiger partial charge in [0.05, 0.1) is 5.39 Å². The van der Waals surface area contributed by atoms with Gasteiger partial charge in [-0.3, -0.25) is 4.79 Å². The zero-order valence-corrected chi connectivity index (χ0v) is 11.6. The van der Waals surface area contributed by atoms with E-state index in [-0.39, 0.29) is 27.7 Å². The van der Waals surface area contributed by atoms with Crippen LogP contribution in [-0.4, -0.2) is 16.6 Å². The summed E-state index contributed by atoms with van der Waals surface area (Å²) in [4.78, 5) is 23.0. The van der Waals surface area contributed by atoms with Crippen LogP contribution in [0.25, 0.3) is 21.9 Å². The summed E-state index contributed by atoms with van der Waals surface area (Å²) >= 11 is 5.48.